The standard InChI is InChI=1S/C21H27ClN6O2/c1-27-10-8-18(9-11-27)30-21(29)24-17-6-12-28(13-7-17)20-25-19(14-23-26-20)15-2-4-16(22)5-3-15/h2-5,14,17-18H,6-13H2,1H3,(H,24,29). The minimum Gasteiger partial charge on any atom is -0.446 e. The molecule has 0 atom stereocenters. The quantitative estimate of drug-likeness (QED) is 0.798. The Balaban J connectivity index is 1.28. The Hall–Kier alpha value is -2.45. The number of carbonyl (C=O) groups excluding carboxylic acids is 1. The predicted octanol–water partition coefficient (Wildman–Crippen LogP) is 2.98. The zero-order chi connectivity index (χ0) is 20.9. The lowest BCUT2D eigenvalue weighted by Crippen LogP contribution is -2.46. The molecule has 0 aliphatic carbocycles. The average molecular weight is 431 g/mol. The molecule has 2 aliphatic heterocycles. The molecule has 1 aromatic carbocycles. The molecule has 1 aromatic heterocycles. The fraction of sp³-hybridized carbons (Fsp3) is 0.524. The third-order valence-electron chi connectivity index (χ3n) is 5.73. The third-order valence-corrected chi connectivity index (χ3v) is 5.98. The molecule has 30 heavy (non-hydrogen) atoms. The molecule has 160 valence electrons. The number of alkyl carbamates (subject to hydrolysis) is 1. The number of ether oxygens (including phenoxy) is 1. The molecule has 2 fully saturated rings. The number of nitrogens with zero attached hydrogens (tertiary/aromatic N) is 5. The Morgan fingerprint density at radius 1 is 1.10 bits per heavy atom. The van der Waals surface area contributed by atoms with E-state index in [1.54, 1.807) is 6.20 Å². The van der Waals surface area contributed by atoms with Crippen LogP contribution < -0.4 is 10.2 Å². The van der Waals surface area contributed by atoms with E-state index in [9.17, 15) is 4.79 Å². The second kappa shape index (κ2) is 9.57. The number of hydrogen-bond acceptors (Lipinski definition) is 7. The molecule has 4 rings (SSSR count). The summed E-state index contributed by atoms with van der Waals surface area (Å²) in [5.74, 6) is 0.606. The van der Waals surface area contributed by atoms with E-state index in [1.165, 1.54) is 0 Å². The van der Waals surface area contributed by atoms with Crippen molar-refractivity contribution < 1.29 is 9.53 Å². The number of rotatable bonds is 4. The van der Waals surface area contributed by atoms with Crippen LogP contribution in [0, 0.1) is 0 Å². The highest BCUT2D eigenvalue weighted by Gasteiger charge is 2.25. The number of nitrogens with one attached hydrogen (secondary N) is 1. The van der Waals surface area contributed by atoms with Gasteiger partial charge >= 0.3 is 6.09 Å². The molecular weight excluding hydrogens is 404 g/mol. The molecule has 0 unspecified atom stereocenters. The van der Waals surface area contributed by atoms with Gasteiger partial charge in [-0.2, -0.15) is 5.10 Å². The van der Waals surface area contributed by atoms with E-state index < -0.39 is 0 Å². The van der Waals surface area contributed by atoms with Gasteiger partial charge in [-0.05, 0) is 44.9 Å². The van der Waals surface area contributed by atoms with Crippen molar-refractivity contribution in [3.05, 3.63) is 35.5 Å². The van der Waals surface area contributed by atoms with Crippen molar-refractivity contribution in [3.8, 4) is 11.3 Å². The second-order valence-electron chi connectivity index (χ2n) is 7.96. The Labute approximate surface area is 181 Å². The molecular formula is C21H27ClN6O2. The lowest BCUT2D eigenvalue weighted by Gasteiger charge is -2.33. The van der Waals surface area contributed by atoms with Crippen molar-refractivity contribution in [2.75, 3.05) is 38.1 Å². The zero-order valence-corrected chi connectivity index (χ0v) is 17.9. The van der Waals surface area contributed by atoms with Gasteiger partial charge in [0.25, 0.3) is 0 Å². The van der Waals surface area contributed by atoms with Crippen LogP contribution in [0.2, 0.25) is 5.02 Å². The van der Waals surface area contributed by atoms with Crippen LogP contribution >= 0.6 is 11.6 Å². The average Bonchev–Trinajstić information content (AvgIpc) is 2.76. The maximum Gasteiger partial charge on any atom is 0.407 e. The van der Waals surface area contributed by atoms with Gasteiger partial charge in [0.15, 0.2) is 0 Å². The molecule has 0 spiro atoms. The highest BCUT2D eigenvalue weighted by molar-refractivity contribution is 6.30. The highest BCUT2D eigenvalue weighted by Crippen LogP contribution is 2.22. The van der Waals surface area contributed by atoms with Gasteiger partial charge in [-0.25, -0.2) is 9.78 Å². The smallest absolute Gasteiger partial charge is 0.407 e. The lowest BCUT2D eigenvalue weighted by atomic mass is 10.1. The minimum absolute atomic E-state index is 0.0244. The van der Waals surface area contributed by atoms with Gasteiger partial charge in [0, 0.05) is 42.8 Å². The molecule has 2 aliphatic rings. The molecule has 8 nitrogen and oxygen atoms in total. The molecule has 0 saturated carbocycles. The Bertz CT molecular complexity index is 849. The van der Waals surface area contributed by atoms with Gasteiger partial charge in [0.1, 0.15) is 6.10 Å². The van der Waals surface area contributed by atoms with Gasteiger partial charge in [0.2, 0.25) is 5.95 Å². The number of hydrogen-bond donors (Lipinski definition) is 1. The van der Waals surface area contributed by atoms with Crippen LogP contribution in [0.4, 0.5) is 10.7 Å². The van der Waals surface area contributed by atoms with Gasteiger partial charge in [-0.1, -0.05) is 23.7 Å². The van der Waals surface area contributed by atoms with E-state index in [1.807, 2.05) is 24.3 Å². The minimum atomic E-state index is -0.300. The van der Waals surface area contributed by atoms with E-state index in [0.717, 1.165) is 63.1 Å². The number of carbonyl (C=O) groups is 1. The first-order valence-corrected chi connectivity index (χ1v) is 10.8. The summed E-state index contributed by atoms with van der Waals surface area (Å²) in [5, 5.41) is 12.0. The summed E-state index contributed by atoms with van der Waals surface area (Å²) in [6, 6.07) is 7.61. The van der Waals surface area contributed by atoms with E-state index >= 15 is 0 Å². The maximum absolute atomic E-state index is 12.2. The van der Waals surface area contributed by atoms with Crippen molar-refractivity contribution in [1.29, 1.82) is 0 Å². The van der Waals surface area contributed by atoms with Gasteiger partial charge in [-0.15, -0.1) is 5.10 Å². The number of anilines is 1. The topological polar surface area (TPSA) is 83.5 Å². The van der Waals surface area contributed by atoms with Gasteiger partial charge in [-0.3, -0.25) is 0 Å². The van der Waals surface area contributed by atoms with Crippen LogP contribution in [0.1, 0.15) is 25.7 Å². The first kappa shape index (κ1) is 20.8. The monoisotopic (exact) mass is 430 g/mol. The summed E-state index contributed by atoms with van der Waals surface area (Å²) in [4.78, 5) is 21.3. The van der Waals surface area contributed by atoms with Crippen molar-refractivity contribution >= 4 is 23.6 Å². The SMILES string of the molecule is CN1CCC(OC(=O)NC2CCN(c3nncc(-c4ccc(Cl)cc4)n3)CC2)CC1. The summed E-state index contributed by atoms with van der Waals surface area (Å²) >= 11 is 5.96. The van der Waals surface area contributed by atoms with Crippen molar-refractivity contribution in [2.24, 2.45) is 0 Å². The van der Waals surface area contributed by atoms with Crippen LogP contribution in [0.15, 0.2) is 30.5 Å². The largest absolute Gasteiger partial charge is 0.446 e. The van der Waals surface area contributed by atoms with E-state index in [4.69, 9.17) is 16.3 Å². The maximum atomic E-state index is 12.2. The first-order valence-electron chi connectivity index (χ1n) is 10.4. The van der Waals surface area contributed by atoms with Crippen molar-refractivity contribution in [1.82, 2.24) is 25.4 Å². The summed E-state index contributed by atoms with van der Waals surface area (Å²) in [6.45, 7) is 3.45. The number of likely N-dealkylation sites (tertiary alicyclic amines) is 1. The number of halogens is 1. The van der Waals surface area contributed by atoms with Crippen LogP contribution in [0.5, 0.6) is 0 Å². The third kappa shape index (κ3) is 5.37. The predicted molar refractivity (Wildman–Crippen MR) is 116 cm³/mol. The first-order chi connectivity index (χ1) is 14.6. The molecule has 3 heterocycles. The fourth-order valence-corrected chi connectivity index (χ4v) is 3.99. The molecule has 9 heteroatoms. The number of aromatic nitrogens is 3. The van der Waals surface area contributed by atoms with Crippen LogP contribution in [-0.2, 0) is 4.74 Å². The summed E-state index contributed by atoms with van der Waals surface area (Å²) in [7, 11) is 2.09. The summed E-state index contributed by atoms with van der Waals surface area (Å²) < 4.78 is 5.59. The van der Waals surface area contributed by atoms with Crippen LogP contribution in [-0.4, -0.2) is 71.5 Å². The fourth-order valence-electron chi connectivity index (χ4n) is 3.87. The van der Waals surface area contributed by atoms with E-state index in [2.05, 4.69) is 37.3 Å². The normalized spacial score (nSPS) is 18.9. The Kier molecular flexibility index (Phi) is 6.64. The van der Waals surface area contributed by atoms with Crippen LogP contribution in [0.25, 0.3) is 11.3 Å². The number of benzene rings is 1. The lowest BCUT2D eigenvalue weighted by molar-refractivity contribution is 0.0546. The zero-order valence-electron chi connectivity index (χ0n) is 17.1. The Morgan fingerprint density at radius 2 is 1.80 bits per heavy atom. The van der Waals surface area contributed by atoms with Crippen molar-refractivity contribution in [3.63, 3.8) is 0 Å². The number of piperidine rings is 2. The second-order valence-corrected chi connectivity index (χ2v) is 8.40. The molecule has 1 amide bonds. The molecule has 2 saturated heterocycles. The number of amides is 1. The highest BCUT2D eigenvalue weighted by atomic mass is 35.5. The van der Waals surface area contributed by atoms with Crippen molar-refractivity contribution in [2.45, 2.75) is 37.8 Å². The molecule has 0 radical (unpaired) electrons. The van der Waals surface area contributed by atoms with E-state index in [-0.39, 0.29) is 18.2 Å². The molecule has 2 aromatic rings. The van der Waals surface area contributed by atoms with Crippen LogP contribution in [0.3, 0.4) is 0 Å². The summed E-state index contributed by atoms with van der Waals surface area (Å²) in [5.41, 5.74) is 1.71. The molecule has 1 N–H and O–H groups in total. The van der Waals surface area contributed by atoms with E-state index in [0.29, 0.717) is 11.0 Å². The molecule has 0 bridgehead atoms. The van der Waals surface area contributed by atoms with Gasteiger partial charge in [0.05, 0.1) is 11.9 Å². The Morgan fingerprint density at radius 3 is 2.50 bits per heavy atom. The van der Waals surface area contributed by atoms with Gasteiger partial charge < -0.3 is 19.9 Å². The summed E-state index contributed by atoms with van der Waals surface area (Å²) in [6.07, 6.45) is 4.81.